The molecule has 0 aliphatic rings. The number of hydrogen-bond donors (Lipinski definition) is 1. The van der Waals surface area contributed by atoms with Crippen LogP contribution in [0.15, 0.2) is 23.3 Å². The third kappa shape index (κ3) is 2.61. The molecule has 2 aromatic rings. The minimum Gasteiger partial charge on any atom is -0.294 e. The van der Waals surface area contributed by atoms with Crippen LogP contribution < -0.4 is 5.56 Å². The third-order valence-corrected chi connectivity index (χ3v) is 2.42. The van der Waals surface area contributed by atoms with Crippen LogP contribution in [0, 0.1) is 12.8 Å². The van der Waals surface area contributed by atoms with Crippen molar-refractivity contribution in [2.45, 2.75) is 27.2 Å². The van der Waals surface area contributed by atoms with E-state index < -0.39 is 0 Å². The Morgan fingerprint density at radius 1 is 1.35 bits per heavy atom. The normalized spacial score (nSPS) is 11.1. The predicted octanol–water partition coefficient (Wildman–Crippen LogP) is 1.46. The number of rotatable bonds is 3. The van der Waals surface area contributed by atoms with Crippen LogP contribution in [0.25, 0.3) is 5.82 Å². The average Bonchev–Trinajstić information content (AvgIpc) is 2.58. The van der Waals surface area contributed by atoms with Gasteiger partial charge in [0.25, 0.3) is 5.56 Å². The molecule has 0 fully saturated rings. The SMILES string of the molecule is Cc1cc(-n2[nH]c(CC(C)C)cc2=O)ncn1. The fraction of sp³-hybridized carbons (Fsp3) is 0.417. The molecule has 1 N–H and O–H groups in total. The van der Waals surface area contributed by atoms with Crippen LogP contribution in [-0.4, -0.2) is 19.7 Å². The summed E-state index contributed by atoms with van der Waals surface area (Å²) < 4.78 is 1.45. The van der Waals surface area contributed by atoms with E-state index in [1.165, 1.54) is 11.0 Å². The molecule has 0 spiro atoms. The summed E-state index contributed by atoms with van der Waals surface area (Å²) in [7, 11) is 0. The number of aromatic amines is 1. The summed E-state index contributed by atoms with van der Waals surface area (Å²) in [5, 5.41) is 3.07. The van der Waals surface area contributed by atoms with Gasteiger partial charge in [-0.15, -0.1) is 0 Å². The first kappa shape index (κ1) is 11.6. The third-order valence-electron chi connectivity index (χ3n) is 2.42. The van der Waals surface area contributed by atoms with Crippen molar-refractivity contribution in [1.29, 1.82) is 0 Å². The van der Waals surface area contributed by atoms with Gasteiger partial charge >= 0.3 is 0 Å². The summed E-state index contributed by atoms with van der Waals surface area (Å²) in [6.45, 7) is 6.10. The molecule has 0 saturated heterocycles. The van der Waals surface area contributed by atoms with E-state index in [9.17, 15) is 4.79 Å². The molecule has 2 rings (SSSR count). The molecule has 0 radical (unpaired) electrons. The number of H-pyrrole nitrogens is 1. The Morgan fingerprint density at radius 3 is 2.76 bits per heavy atom. The van der Waals surface area contributed by atoms with E-state index in [4.69, 9.17) is 0 Å². The fourth-order valence-corrected chi connectivity index (χ4v) is 1.72. The lowest BCUT2D eigenvalue weighted by Gasteiger charge is -2.03. The maximum absolute atomic E-state index is 11.8. The van der Waals surface area contributed by atoms with Crippen molar-refractivity contribution in [2.75, 3.05) is 0 Å². The van der Waals surface area contributed by atoms with Crippen molar-refractivity contribution in [1.82, 2.24) is 19.7 Å². The summed E-state index contributed by atoms with van der Waals surface area (Å²) in [5.41, 5.74) is 1.68. The maximum atomic E-state index is 11.8. The van der Waals surface area contributed by atoms with Crippen LogP contribution in [0.3, 0.4) is 0 Å². The van der Waals surface area contributed by atoms with E-state index in [2.05, 4.69) is 28.9 Å². The molecule has 17 heavy (non-hydrogen) atoms. The van der Waals surface area contributed by atoms with E-state index >= 15 is 0 Å². The van der Waals surface area contributed by atoms with Crippen molar-refractivity contribution in [3.05, 3.63) is 40.2 Å². The lowest BCUT2D eigenvalue weighted by atomic mass is 10.1. The molecular weight excluding hydrogens is 216 g/mol. The smallest absolute Gasteiger partial charge is 0.272 e. The Hall–Kier alpha value is -1.91. The summed E-state index contributed by atoms with van der Waals surface area (Å²) in [6.07, 6.45) is 2.31. The highest BCUT2D eigenvalue weighted by molar-refractivity contribution is 5.22. The standard InChI is InChI=1S/C12H16N4O/c1-8(2)4-10-6-12(17)16(15-10)11-5-9(3)13-7-14-11/h5-8,15H,4H2,1-3H3. The number of nitrogens with zero attached hydrogens (tertiary/aromatic N) is 3. The number of hydrogen-bond acceptors (Lipinski definition) is 3. The van der Waals surface area contributed by atoms with Crippen LogP contribution >= 0.6 is 0 Å². The Labute approximate surface area is 99.5 Å². The van der Waals surface area contributed by atoms with Gasteiger partial charge in [-0.2, -0.15) is 0 Å². The fourth-order valence-electron chi connectivity index (χ4n) is 1.72. The molecule has 5 heteroatoms. The van der Waals surface area contributed by atoms with Gasteiger partial charge in [0.2, 0.25) is 0 Å². The zero-order chi connectivity index (χ0) is 12.4. The quantitative estimate of drug-likeness (QED) is 0.871. The zero-order valence-electron chi connectivity index (χ0n) is 10.3. The molecule has 2 heterocycles. The maximum Gasteiger partial charge on any atom is 0.272 e. The Balaban J connectivity index is 2.39. The van der Waals surface area contributed by atoms with Crippen molar-refractivity contribution in [2.24, 2.45) is 5.92 Å². The van der Waals surface area contributed by atoms with E-state index in [0.29, 0.717) is 11.7 Å². The van der Waals surface area contributed by atoms with E-state index in [1.807, 2.05) is 6.92 Å². The first-order valence-electron chi connectivity index (χ1n) is 5.66. The van der Waals surface area contributed by atoms with E-state index in [0.717, 1.165) is 17.8 Å². The van der Waals surface area contributed by atoms with Gasteiger partial charge in [0.05, 0.1) is 0 Å². The second-order valence-electron chi connectivity index (χ2n) is 4.57. The highest BCUT2D eigenvalue weighted by atomic mass is 16.1. The Bertz CT molecular complexity index is 568. The number of nitrogens with one attached hydrogen (secondary N) is 1. The predicted molar refractivity (Wildman–Crippen MR) is 65.3 cm³/mol. The van der Waals surface area contributed by atoms with Gasteiger partial charge in [-0.05, 0) is 19.3 Å². The topological polar surface area (TPSA) is 63.6 Å². The Kier molecular flexibility index (Phi) is 3.08. The van der Waals surface area contributed by atoms with Crippen molar-refractivity contribution in [3.8, 4) is 5.82 Å². The monoisotopic (exact) mass is 232 g/mol. The highest BCUT2D eigenvalue weighted by Gasteiger charge is 2.07. The molecule has 0 aliphatic heterocycles. The van der Waals surface area contributed by atoms with Crippen LogP contribution in [0.2, 0.25) is 0 Å². The Morgan fingerprint density at radius 2 is 2.12 bits per heavy atom. The minimum atomic E-state index is -0.0845. The summed E-state index contributed by atoms with van der Waals surface area (Å²) in [5.74, 6) is 1.09. The molecule has 0 bridgehead atoms. The minimum absolute atomic E-state index is 0.0845. The van der Waals surface area contributed by atoms with Gasteiger partial charge in [-0.1, -0.05) is 13.8 Å². The molecule has 2 aromatic heterocycles. The highest BCUT2D eigenvalue weighted by Crippen LogP contribution is 2.05. The molecule has 0 amide bonds. The molecule has 0 unspecified atom stereocenters. The summed E-state index contributed by atoms with van der Waals surface area (Å²) in [6, 6.07) is 3.40. The van der Waals surface area contributed by atoms with Gasteiger partial charge in [0, 0.05) is 23.5 Å². The second kappa shape index (κ2) is 4.53. The molecule has 0 aromatic carbocycles. The first-order valence-corrected chi connectivity index (χ1v) is 5.66. The second-order valence-corrected chi connectivity index (χ2v) is 4.57. The van der Waals surface area contributed by atoms with Crippen molar-refractivity contribution in [3.63, 3.8) is 0 Å². The number of aryl methyl sites for hydroxylation is 1. The van der Waals surface area contributed by atoms with E-state index in [1.54, 1.807) is 12.1 Å². The van der Waals surface area contributed by atoms with Crippen LogP contribution in [0.4, 0.5) is 0 Å². The largest absolute Gasteiger partial charge is 0.294 e. The molecule has 0 saturated carbocycles. The summed E-state index contributed by atoms with van der Waals surface area (Å²) >= 11 is 0. The van der Waals surface area contributed by atoms with Crippen molar-refractivity contribution >= 4 is 0 Å². The van der Waals surface area contributed by atoms with Gasteiger partial charge < -0.3 is 0 Å². The first-order chi connectivity index (χ1) is 8.06. The van der Waals surface area contributed by atoms with Crippen molar-refractivity contribution < 1.29 is 0 Å². The molecule has 0 atom stereocenters. The van der Waals surface area contributed by atoms with Crippen LogP contribution in [-0.2, 0) is 6.42 Å². The lowest BCUT2D eigenvalue weighted by Crippen LogP contribution is -2.15. The number of aromatic nitrogens is 4. The zero-order valence-corrected chi connectivity index (χ0v) is 10.3. The molecular formula is C12H16N4O. The van der Waals surface area contributed by atoms with Gasteiger partial charge in [0.1, 0.15) is 6.33 Å². The molecule has 5 nitrogen and oxygen atoms in total. The van der Waals surface area contributed by atoms with E-state index in [-0.39, 0.29) is 5.56 Å². The average molecular weight is 232 g/mol. The van der Waals surface area contributed by atoms with Crippen LogP contribution in [0.5, 0.6) is 0 Å². The van der Waals surface area contributed by atoms with Gasteiger partial charge in [0.15, 0.2) is 5.82 Å². The molecule has 0 aliphatic carbocycles. The lowest BCUT2D eigenvalue weighted by molar-refractivity contribution is 0.626. The van der Waals surface area contributed by atoms with Gasteiger partial charge in [-0.3, -0.25) is 9.89 Å². The van der Waals surface area contributed by atoms with Crippen LogP contribution in [0.1, 0.15) is 25.2 Å². The summed E-state index contributed by atoms with van der Waals surface area (Å²) in [4.78, 5) is 19.9. The van der Waals surface area contributed by atoms with Gasteiger partial charge in [-0.25, -0.2) is 14.6 Å². The molecule has 90 valence electrons.